The fraction of sp³-hybridized carbons (Fsp3) is 0. The number of rotatable bonds is 6. The average Bonchev–Trinajstić information content (AvgIpc) is 3.67. The van der Waals surface area contributed by atoms with E-state index in [1.165, 1.54) is 38.2 Å². The highest BCUT2D eigenvalue weighted by Gasteiger charge is 2.16. The van der Waals surface area contributed by atoms with Crippen molar-refractivity contribution in [2.45, 2.75) is 0 Å². The van der Waals surface area contributed by atoms with Crippen LogP contribution >= 0.6 is 0 Å². The Morgan fingerprint density at radius 3 is 1.54 bits per heavy atom. The Morgan fingerprint density at radius 2 is 0.807 bits per heavy atom. The number of fused-ring (bicyclic) bond motifs is 5. The van der Waals surface area contributed by atoms with Crippen molar-refractivity contribution in [3.8, 4) is 67.3 Å². The fourth-order valence-electron chi connectivity index (χ4n) is 8.24. The Hall–Kier alpha value is -7.62. The molecule has 3 heteroatoms. The van der Waals surface area contributed by atoms with Gasteiger partial charge in [-0.05, 0) is 97.4 Å². The van der Waals surface area contributed by atoms with E-state index in [4.69, 9.17) is 14.4 Å². The van der Waals surface area contributed by atoms with Gasteiger partial charge in [-0.2, -0.15) is 0 Å². The first-order valence-corrected chi connectivity index (χ1v) is 19.3. The van der Waals surface area contributed by atoms with Gasteiger partial charge in [0, 0.05) is 27.5 Å². The summed E-state index contributed by atoms with van der Waals surface area (Å²) in [5.41, 5.74) is 13.4. The molecule has 0 aliphatic heterocycles. The minimum Gasteiger partial charge on any atom is -0.456 e. The number of furan rings is 1. The lowest BCUT2D eigenvalue weighted by molar-refractivity contribution is 0.669. The van der Waals surface area contributed by atoms with Crippen LogP contribution in [0.2, 0.25) is 0 Å². The minimum atomic E-state index is 0.685. The number of aromatic nitrogens is 2. The predicted octanol–water partition coefficient (Wildman–Crippen LogP) is 14.7. The van der Waals surface area contributed by atoms with Crippen molar-refractivity contribution in [2.75, 3.05) is 0 Å². The van der Waals surface area contributed by atoms with Gasteiger partial charge in [-0.25, -0.2) is 9.97 Å². The van der Waals surface area contributed by atoms with Gasteiger partial charge in [-0.15, -0.1) is 0 Å². The molecule has 0 unspecified atom stereocenters. The minimum absolute atomic E-state index is 0.685. The second kappa shape index (κ2) is 13.6. The number of benzene rings is 9. The molecule has 0 aliphatic carbocycles. The van der Waals surface area contributed by atoms with Gasteiger partial charge < -0.3 is 4.42 Å². The van der Waals surface area contributed by atoms with E-state index < -0.39 is 0 Å². The van der Waals surface area contributed by atoms with Crippen molar-refractivity contribution in [1.82, 2.24) is 9.97 Å². The quantitative estimate of drug-likeness (QED) is 0.171. The molecule has 11 aromatic rings. The zero-order chi connectivity index (χ0) is 37.7. The summed E-state index contributed by atoms with van der Waals surface area (Å²) >= 11 is 0. The maximum atomic E-state index is 6.22. The van der Waals surface area contributed by atoms with Crippen molar-refractivity contribution < 1.29 is 4.42 Å². The second-order valence-corrected chi connectivity index (χ2v) is 14.6. The summed E-state index contributed by atoms with van der Waals surface area (Å²) in [6.45, 7) is 0. The Balaban J connectivity index is 1.10. The molecule has 9 aromatic carbocycles. The van der Waals surface area contributed by atoms with Crippen LogP contribution in [-0.2, 0) is 0 Å². The summed E-state index contributed by atoms with van der Waals surface area (Å²) < 4.78 is 6.22. The van der Waals surface area contributed by atoms with Gasteiger partial charge in [0.05, 0.1) is 11.4 Å². The molecule has 266 valence electrons. The highest BCUT2D eigenvalue weighted by atomic mass is 16.3. The highest BCUT2D eigenvalue weighted by Crippen LogP contribution is 2.39. The molecule has 0 radical (unpaired) electrons. The first-order valence-electron chi connectivity index (χ1n) is 19.3. The van der Waals surface area contributed by atoms with Gasteiger partial charge in [0.15, 0.2) is 5.82 Å². The summed E-state index contributed by atoms with van der Waals surface area (Å²) in [4.78, 5) is 10.5. The lowest BCUT2D eigenvalue weighted by atomic mass is 9.91. The Kier molecular flexibility index (Phi) is 7.82. The molecule has 2 heterocycles. The molecule has 2 aromatic heterocycles. The summed E-state index contributed by atoms with van der Waals surface area (Å²) in [6, 6.07) is 73.0. The smallest absolute Gasteiger partial charge is 0.160 e. The molecule has 0 aliphatic rings. The van der Waals surface area contributed by atoms with Crippen LogP contribution < -0.4 is 0 Å². The second-order valence-electron chi connectivity index (χ2n) is 14.6. The zero-order valence-corrected chi connectivity index (χ0v) is 30.9. The largest absolute Gasteiger partial charge is 0.456 e. The summed E-state index contributed by atoms with van der Waals surface area (Å²) in [6.07, 6.45) is 0. The van der Waals surface area contributed by atoms with Crippen LogP contribution in [0.25, 0.3) is 111 Å². The third-order valence-corrected chi connectivity index (χ3v) is 11.1. The van der Waals surface area contributed by atoms with Gasteiger partial charge in [-0.3, -0.25) is 0 Å². The molecule has 3 nitrogen and oxygen atoms in total. The van der Waals surface area contributed by atoms with Crippen molar-refractivity contribution in [1.29, 1.82) is 0 Å². The van der Waals surface area contributed by atoms with Gasteiger partial charge in [0.1, 0.15) is 11.2 Å². The Morgan fingerprint density at radius 1 is 0.281 bits per heavy atom. The van der Waals surface area contributed by atoms with E-state index in [1.54, 1.807) is 0 Å². The maximum absolute atomic E-state index is 6.22. The molecule has 0 saturated carbocycles. The van der Waals surface area contributed by atoms with E-state index >= 15 is 0 Å². The normalized spacial score (nSPS) is 11.5. The molecule has 0 saturated heterocycles. The van der Waals surface area contributed by atoms with Crippen molar-refractivity contribution in [2.24, 2.45) is 0 Å². The van der Waals surface area contributed by atoms with Crippen LogP contribution in [0.3, 0.4) is 0 Å². The molecular formula is C54H34N2O. The topological polar surface area (TPSA) is 38.9 Å². The van der Waals surface area contributed by atoms with Crippen LogP contribution in [0, 0.1) is 0 Å². The van der Waals surface area contributed by atoms with Crippen LogP contribution in [0.4, 0.5) is 0 Å². The summed E-state index contributed by atoms with van der Waals surface area (Å²) in [5.74, 6) is 0.685. The number of hydrogen-bond acceptors (Lipinski definition) is 3. The fourth-order valence-corrected chi connectivity index (χ4v) is 8.24. The lowest BCUT2D eigenvalue weighted by Gasteiger charge is -2.14. The molecule has 0 fully saturated rings. The van der Waals surface area contributed by atoms with Gasteiger partial charge >= 0.3 is 0 Å². The molecule has 11 rings (SSSR count). The molecule has 0 atom stereocenters. The number of hydrogen-bond donors (Lipinski definition) is 0. The average molecular weight is 727 g/mol. The molecule has 0 spiro atoms. The van der Waals surface area contributed by atoms with E-state index in [-0.39, 0.29) is 0 Å². The van der Waals surface area contributed by atoms with Crippen LogP contribution in [-0.4, -0.2) is 9.97 Å². The molecule has 57 heavy (non-hydrogen) atoms. The standard InChI is InChI=1S/C54H34N2O/c1-2-14-39(15-3-1)54-55-50(38-26-24-37(25-27-38)46-21-10-16-35-12-4-6-18-44(35)46)34-51(56-54)43-31-41(30-42(32-43)47-22-11-17-36-13-5-7-19-45(36)47)40-28-29-53-49(33-40)48-20-8-9-23-52(48)57-53/h1-34H. The van der Waals surface area contributed by atoms with E-state index in [2.05, 4.69) is 176 Å². The van der Waals surface area contributed by atoms with Gasteiger partial charge in [-0.1, -0.05) is 164 Å². The monoisotopic (exact) mass is 726 g/mol. The van der Waals surface area contributed by atoms with E-state index in [0.29, 0.717) is 5.82 Å². The van der Waals surface area contributed by atoms with Crippen LogP contribution in [0.15, 0.2) is 211 Å². The number of nitrogens with zero attached hydrogens (tertiary/aromatic N) is 2. The molecule has 0 amide bonds. The van der Waals surface area contributed by atoms with Crippen molar-refractivity contribution in [3.63, 3.8) is 0 Å². The maximum Gasteiger partial charge on any atom is 0.160 e. The molecule has 0 bridgehead atoms. The Labute approximate surface area is 330 Å². The van der Waals surface area contributed by atoms with Gasteiger partial charge in [0.2, 0.25) is 0 Å². The molecule has 0 N–H and O–H groups in total. The molecular weight excluding hydrogens is 693 g/mol. The first-order chi connectivity index (χ1) is 28.2. The lowest BCUT2D eigenvalue weighted by Crippen LogP contribution is -1.97. The summed E-state index contributed by atoms with van der Waals surface area (Å²) in [7, 11) is 0. The highest BCUT2D eigenvalue weighted by molar-refractivity contribution is 6.07. The summed E-state index contributed by atoms with van der Waals surface area (Å²) in [5, 5.41) is 7.09. The van der Waals surface area contributed by atoms with E-state index in [1.807, 2.05) is 30.3 Å². The Bertz CT molecular complexity index is 3280. The van der Waals surface area contributed by atoms with Crippen LogP contribution in [0.5, 0.6) is 0 Å². The van der Waals surface area contributed by atoms with E-state index in [0.717, 1.165) is 66.7 Å². The third-order valence-electron chi connectivity index (χ3n) is 11.1. The zero-order valence-electron chi connectivity index (χ0n) is 30.9. The van der Waals surface area contributed by atoms with Crippen molar-refractivity contribution in [3.05, 3.63) is 206 Å². The number of para-hydroxylation sites is 1. The van der Waals surface area contributed by atoms with E-state index in [9.17, 15) is 0 Å². The SMILES string of the molecule is c1ccc(-c2nc(-c3ccc(-c4cccc5ccccc45)cc3)cc(-c3cc(-c4ccc5oc6ccccc6c5c4)cc(-c4cccc5ccccc45)c3)n2)cc1. The van der Waals surface area contributed by atoms with Crippen LogP contribution in [0.1, 0.15) is 0 Å². The third kappa shape index (κ3) is 5.94. The van der Waals surface area contributed by atoms with Crippen molar-refractivity contribution >= 4 is 43.5 Å². The van der Waals surface area contributed by atoms with Gasteiger partial charge in [0.25, 0.3) is 0 Å². The predicted molar refractivity (Wildman–Crippen MR) is 237 cm³/mol. The first kappa shape index (κ1) is 32.8.